The van der Waals surface area contributed by atoms with Gasteiger partial charge in [-0.25, -0.2) is 0 Å². The van der Waals surface area contributed by atoms with Gasteiger partial charge in [0, 0.05) is 0 Å². The SMILES string of the molecule is OC1(c2cc[c]cc2)CC1. The van der Waals surface area contributed by atoms with Gasteiger partial charge in [-0.05, 0) is 24.5 Å². The van der Waals surface area contributed by atoms with Crippen molar-refractivity contribution in [2.75, 3.05) is 0 Å². The highest BCUT2D eigenvalue weighted by Gasteiger charge is 2.41. The molecular formula is C9H9O. The van der Waals surface area contributed by atoms with E-state index >= 15 is 0 Å². The van der Waals surface area contributed by atoms with Crippen LogP contribution in [-0.2, 0) is 5.60 Å². The first-order valence-corrected chi connectivity index (χ1v) is 3.50. The maximum atomic E-state index is 9.59. The van der Waals surface area contributed by atoms with E-state index in [1.165, 1.54) is 0 Å². The minimum Gasteiger partial charge on any atom is -0.385 e. The number of hydrogen-bond acceptors (Lipinski definition) is 1. The molecule has 1 saturated carbocycles. The fraction of sp³-hybridized carbons (Fsp3) is 0.333. The molecule has 0 atom stereocenters. The van der Waals surface area contributed by atoms with E-state index in [-0.39, 0.29) is 0 Å². The molecule has 10 heavy (non-hydrogen) atoms. The van der Waals surface area contributed by atoms with Crippen LogP contribution in [0.5, 0.6) is 0 Å². The molecule has 2 rings (SSSR count). The van der Waals surface area contributed by atoms with E-state index in [1.54, 1.807) is 0 Å². The van der Waals surface area contributed by atoms with Crippen LogP contribution in [0, 0.1) is 6.07 Å². The Morgan fingerprint density at radius 2 is 1.90 bits per heavy atom. The number of rotatable bonds is 1. The molecule has 1 nitrogen and oxygen atoms in total. The predicted octanol–water partition coefficient (Wildman–Crippen LogP) is 1.47. The topological polar surface area (TPSA) is 20.2 Å². The van der Waals surface area contributed by atoms with Crippen LogP contribution >= 0.6 is 0 Å². The maximum Gasteiger partial charge on any atom is 0.0899 e. The Balaban J connectivity index is 2.35. The molecule has 1 N–H and O–H groups in total. The molecule has 0 aliphatic heterocycles. The summed E-state index contributed by atoms with van der Waals surface area (Å²) < 4.78 is 0. The van der Waals surface area contributed by atoms with Crippen LogP contribution in [0.15, 0.2) is 24.3 Å². The lowest BCUT2D eigenvalue weighted by Gasteiger charge is -2.05. The summed E-state index contributed by atoms with van der Waals surface area (Å²) in [6.07, 6.45) is 1.83. The molecular weight excluding hydrogens is 124 g/mol. The second-order valence-corrected chi connectivity index (χ2v) is 2.82. The van der Waals surface area contributed by atoms with E-state index in [4.69, 9.17) is 0 Å². The smallest absolute Gasteiger partial charge is 0.0899 e. The van der Waals surface area contributed by atoms with Gasteiger partial charge >= 0.3 is 0 Å². The number of hydrogen-bond donors (Lipinski definition) is 1. The van der Waals surface area contributed by atoms with E-state index in [9.17, 15) is 5.11 Å². The molecule has 0 spiro atoms. The first-order chi connectivity index (χ1) is 4.81. The van der Waals surface area contributed by atoms with Crippen molar-refractivity contribution >= 4 is 0 Å². The molecule has 1 fully saturated rings. The third kappa shape index (κ3) is 0.830. The van der Waals surface area contributed by atoms with Gasteiger partial charge in [0.1, 0.15) is 0 Å². The minimum atomic E-state index is -0.477. The molecule has 1 aliphatic carbocycles. The third-order valence-electron chi connectivity index (χ3n) is 1.98. The summed E-state index contributed by atoms with van der Waals surface area (Å²) in [4.78, 5) is 0. The highest BCUT2D eigenvalue weighted by atomic mass is 16.3. The predicted molar refractivity (Wildman–Crippen MR) is 38.4 cm³/mol. The Hall–Kier alpha value is -0.820. The Morgan fingerprint density at radius 1 is 1.30 bits per heavy atom. The van der Waals surface area contributed by atoms with E-state index in [0.717, 1.165) is 18.4 Å². The standard InChI is InChI=1S/C9H9O/c10-9(6-7-9)8-4-2-1-3-5-8/h2-5,10H,6-7H2. The molecule has 1 radical (unpaired) electrons. The van der Waals surface area contributed by atoms with Crippen LogP contribution in [0.3, 0.4) is 0 Å². The van der Waals surface area contributed by atoms with Crippen LogP contribution in [0.4, 0.5) is 0 Å². The Bertz CT molecular complexity index is 224. The van der Waals surface area contributed by atoms with Gasteiger partial charge in [-0.2, -0.15) is 0 Å². The van der Waals surface area contributed by atoms with Crippen LogP contribution < -0.4 is 0 Å². The number of benzene rings is 1. The van der Waals surface area contributed by atoms with Crippen LogP contribution in [-0.4, -0.2) is 5.11 Å². The normalized spacial score (nSPS) is 20.5. The maximum absolute atomic E-state index is 9.59. The van der Waals surface area contributed by atoms with E-state index in [2.05, 4.69) is 6.07 Å². The molecule has 0 amide bonds. The quantitative estimate of drug-likeness (QED) is 0.615. The fourth-order valence-electron chi connectivity index (χ4n) is 1.10. The zero-order valence-corrected chi connectivity index (χ0v) is 5.67. The van der Waals surface area contributed by atoms with Crippen LogP contribution in [0.2, 0.25) is 0 Å². The van der Waals surface area contributed by atoms with Crippen molar-refractivity contribution in [3.63, 3.8) is 0 Å². The molecule has 1 aromatic carbocycles. The second-order valence-electron chi connectivity index (χ2n) is 2.82. The Kier molecular flexibility index (Phi) is 1.08. The third-order valence-corrected chi connectivity index (χ3v) is 1.98. The summed E-state index contributed by atoms with van der Waals surface area (Å²) in [5, 5.41) is 9.59. The lowest BCUT2D eigenvalue weighted by atomic mass is 10.1. The summed E-state index contributed by atoms with van der Waals surface area (Å²) in [5.74, 6) is 0. The lowest BCUT2D eigenvalue weighted by molar-refractivity contribution is 0.151. The summed E-state index contributed by atoms with van der Waals surface area (Å²) >= 11 is 0. The highest BCUT2D eigenvalue weighted by molar-refractivity contribution is 5.26. The summed E-state index contributed by atoms with van der Waals surface area (Å²) in [5.41, 5.74) is 0.556. The molecule has 1 heteroatoms. The molecule has 51 valence electrons. The van der Waals surface area contributed by atoms with Crippen molar-refractivity contribution < 1.29 is 5.11 Å². The average Bonchev–Trinajstić information content (AvgIpc) is 2.72. The van der Waals surface area contributed by atoms with Gasteiger partial charge in [-0.1, -0.05) is 24.3 Å². The summed E-state index contributed by atoms with van der Waals surface area (Å²) in [6.45, 7) is 0. The zero-order chi connectivity index (χ0) is 7.03. The Labute approximate surface area is 60.3 Å². The van der Waals surface area contributed by atoms with E-state index in [0.29, 0.717) is 0 Å². The molecule has 0 bridgehead atoms. The van der Waals surface area contributed by atoms with Gasteiger partial charge in [-0.15, -0.1) is 0 Å². The highest BCUT2D eigenvalue weighted by Crippen LogP contribution is 2.44. The molecule has 1 aliphatic rings. The van der Waals surface area contributed by atoms with Gasteiger partial charge in [0.15, 0.2) is 0 Å². The van der Waals surface area contributed by atoms with Crippen molar-refractivity contribution in [2.24, 2.45) is 0 Å². The molecule has 0 aromatic heterocycles. The van der Waals surface area contributed by atoms with Gasteiger partial charge in [0.05, 0.1) is 5.60 Å². The Morgan fingerprint density at radius 3 is 2.40 bits per heavy atom. The van der Waals surface area contributed by atoms with Crippen molar-refractivity contribution in [1.29, 1.82) is 0 Å². The van der Waals surface area contributed by atoms with Gasteiger partial charge < -0.3 is 5.11 Å². The van der Waals surface area contributed by atoms with Crippen molar-refractivity contribution in [2.45, 2.75) is 18.4 Å². The monoisotopic (exact) mass is 133 g/mol. The van der Waals surface area contributed by atoms with Crippen molar-refractivity contribution in [1.82, 2.24) is 0 Å². The van der Waals surface area contributed by atoms with Crippen molar-refractivity contribution in [3.05, 3.63) is 35.9 Å². The zero-order valence-electron chi connectivity index (χ0n) is 5.67. The van der Waals surface area contributed by atoms with E-state index in [1.807, 2.05) is 24.3 Å². The van der Waals surface area contributed by atoms with Gasteiger partial charge in [0.25, 0.3) is 0 Å². The van der Waals surface area contributed by atoms with E-state index < -0.39 is 5.60 Å². The summed E-state index contributed by atoms with van der Waals surface area (Å²) in [7, 11) is 0. The second kappa shape index (κ2) is 1.83. The number of aliphatic hydroxyl groups is 1. The van der Waals surface area contributed by atoms with Crippen LogP contribution in [0.1, 0.15) is 18.4 Å². The first kappa shape index (κ1) is 5.93. The fourth-order valence-corrected chi connectivity index (χ4v) is 1.10. The molecule has 0 heterocycles. The summed E-state index contributed by atoms with van der Waals surface area (Å²) in [6, 6.07) is 10.4. The van der Waals surface area contributed by atoms with Gasteiger partial charge in [0.2, 0.25) is 0 Å². The minimum absolute atomic E-state index is 0.477. The lowest BCUT2D eigenvalue weighted by Crippen LogP contribution is -2.02. The average molecular weight is 133 g/mol. The van der Waals surface area contributed by atoms with Crippen LogP contribution in [0.25, 0.3) is 0 Å². The molecule has 0 saturated heterocycles. The molecule has 0 unspecified atom stereocenters. The molecule has 1 aromatic rings. The largest absolute Gasteiger partial charge is 0.385 e. The van der Waals surface area contributed by atoms with Gasteiger partial charge in [-0.3, -0.25) is 0 Å². The first-order valence-electron chi connectivity index (χ1n) is 3.50. The van der Waals surface area contributed by atoms with Crippen molar-refractivity contribution in [3.8, 4) is 0 Å².